The Hall–Kier alpha value is -7.56. The second kappa shape index (κ2) is 13.6. The van der Waals surface area contributed by atoms with Crippen molar-refractivity contribution < 1.29 is 0 Å². The number of rotatable bonds is 6. The molecule has 3 aromatic heterocycles. The lowest BCUT2D eigenvalue weighted by atomic mass is 10.0. The zero-order valence-corrected chi connectivity index (χ0v) is 32.3. The normalized spacial score (nSPS) is 11.6. The predicted molar refractivity (Wildman–Crippen MR) is 242 cm³/mol. The van der Waals surface area contributed by atoms with Crippen molar-refractivity contribution in [1.82, 2.24) is 19.1 Å². The van der Waals surface area contributed by atoms with Crippen LogP contribution < -0.4 is 0 Å². The monoisotopic (exact) mass is 742 g/mol. The summed E-state index contributed by atoms with van der Waals surface area (Å²) >= 11 is 0. The van der Waals surface area contributed by atoms with Gasteiger partial charge in [0.1, 0.15) is 0 Å². The second-order valence-corrected chi connectivity index (χ2v) is 15.2. The fraction of sp³-hybridized carbons (Fsp3) is 0.0370. The molecule has 4 nitrogen and oxygen atoms in total. The number of hydrogen-bond donors (Lipinski definition) is 0. The summed E-state index contributed by atoms with van der Waals surface area (Å²) in [5.41, 5.74) is 16.8. The number of hydrogen-bond acceptors (Lipinski definition) is 2. The van der Waals surface area contributed by atoms with Crippen LogP contribution in [0.4, 0.5) is 0 Å². The zero-order valence-electron chi connectivity index (χ0n) is 32.3. The van der Waals surface area contributed by atoms with Crippen molar-refractivity contribution in [2.24, 2.45) is 0 Å². The van der Waals surface area contributed by atoms with Crippen molar-refractivity contribution in [3.63, 3.8) is 0 Å². The van der Waals surface area contributed by atoms with Gasteiger partial charge in [0.2, 0.25) is 0 Å². The molecule has 0 aliphatic rings. The molecule has 0 amide bonds. The Kier molecular flexibility index (Phi) is 7.90. The minimum Gasteiger partial charge on any atom is -0.309 e. The van der Waals surface area contributed by atoms with E-state index < -0.39 is 0 Å². The van der Waals surface area contributed by atoms with Crippen LogP contribution in [0.15, 0.2) is 194 Å². The first-order chi connectivity index (χ1) is 28.6. The molecule has 11 rings (SSSR count). The first kappa shape index (κ1) is 33.8. The molecular formula is C54H38N4. The highest BCUT2D eigenvalue weighted by atomic mass is 15.0. The van der Waals surface area contributed by atoms with E-state index >= 15 is 0 Å². The number of fused-ring (bicyclic) bond motifs is 6. The van der Waals surface area contributed by atoms with E-state index in [1.54, 1.807) is 0 Å². The van der Waals surface area contributed by atoms with Crippen LogP contribution in [0.3, 0.4) is 0 Å². The van der Waals surface area contributed by atoms with E-state index in [-0.39, 0.29) is 0 Å². The third kappa shape index (κ3) is 5.69. The first-order valence-electron chi connectivity index (χ1n) is 19.8. The van der Waals surface area contributed by atoms with Crippen LogP contribution in [0.25, 0.3) is 100 Å². The molecule has 0 fully saturated rings. The molecule has 0 aliphatic carbocycles. The maximum atomic E-state index is 5.09. The number of nitrogens with zero attached hydrogens (tertiary/aromatic N) is 4. The van der Waals surface area contributed by atoms with E-state index in [4.69, 9.17) is 9.97 Å². The van der Waals surface area contributed by atoms with Gasteiger partial charge in [0, 0.05) is 49.6 Å². The molecule has 274 valence electrons. The molecule has 0 bridgehead atoms. The average molecular weight is 743 g/mol. The van der Waals surface area contributed by atoms with Gasteiger partial charge in [-0.2, -0.15) is 0 Å². The molecule has 8 aromatic carbocycles. The third-order valence-corrected chi connectivity index (χ3v) is 11.5. The van der Waals surface area contributed by atoms with Gasteiger partial charge in [-0.3, -0.25) is 0 Å². The second-order valence-electron chi connectivity index (χ2n) is 15.2. The highest BCUT2D eigenvalue weighted by Gasteiger charge is 2.17. The summed E-state index contributed by atoms with van der Waals surface area (Å²) in [6, 6.07) is 69.7. The van der Waals surface area contributed by atoms with Gasteiger partial charge in [0.25, 0.3) is 0 Å². The maximum Gasteiger partial charge on any atom is 0.160 e. The Labute approximate surface area is 337 Å². The summed E-state index contributed by atoms with van der Waals surface area (Å²) in [5.74, 6) is 0.727. The molecular weight excluding hydrogens is 705 g/mol. The molecule has 58 heavy (non-hydrogen) atoms. The van der Waals surface area contributed by atoms with Crippen molar-refractivity contribution in [3.05, 3.63) is 205 Å². The largest absolute Gasteiger partial charge is 0.309 e. The summed E-state index contributed by atoms with van der Waals surface area (Å²) in [6.07, 6.45) is 0. The molecule has 0 radical (unpaired) electrons. The summed E-state index contributed by atoms with van der Waals surface area (Å²) in [6.45, 7) is 4.22. The van der Waals surface area contributed by atoms with E-state index in [0.29, 0.717) is 0 Å². The minimum absolute atomic E-state index is 0.727. The molecule has 0 N–H and O–H groups in total. The Morgan fingerprint density at radius 3 is 1.36 bits per heavy atom. The topological polar surface area (TPSA) is 35.6 Å². The molecule has 0 saturated heterocycles. The van der Waals surface area contributed by atoms with E-state index in [9.17, 15) is 0 Å². The molecule has 4 heteroatoms. The quantitative estimate of drug-likeness (QED) is 0.170. The van der Waals surface area contributed by atoms with Crippen LogP contribution in [-0.2, 0) is 0 Å². The van der Waals surface area contributed by atoms with Crippen LogP contribution in [-0.4, -0.2) is 19.1 Å². The van der Waals surface area contributed by atoms with Crippen molar-refractivity contribution in [2.75, 3.05) is 0 Å². The minimum atomic E-state index is 0.727. The highest BCUT2D eigenvalue weighted by Crippen LogP contribution is 2.37. The molecule has 0 atom stereocenters. The van der Waals surface area contributed by atoms with Gasteiger partial charge in [0.15, 0.2) is 5.82 Å². The van der Waals surface area contributed by atoms with Gasteiger partial charge < -0.3 is 9.13 Å². The van der Waals surface area contributed by atoms with Gasteiger partial charge in [-0.15, -0.1) is 0 Å². The van der Waals surface area contributed by atoms with Crippen LogP contribution >= 0.6 is 0 Å². The van der Waals surface area contributed by atoms with Crippen molar-refractivity contribution in [3.8, 4) is 56.4 Å². The fourth-order valence-electron chi connectivity index (χ4n) is 8.68. The van der Waals surface area contributed by atoms with E-state index in [2.05, 4.69) is 217 Å². The lowest BCUT2D eigenvalue weighted by molar-refractivity contribution is 1.17. The van der Waals surface area contributed by atoms with Crippen molar-refractivity contribution in [2.45, 2.75) is 13.8 Å². The van der Waals surface area contributed by atoms with Crippen LogP contribution in [0, 0.1) is 13.8 Å². The maximum absolute atomic E-state index is 5.09. The smallest absolute Gasteiger partial charge is 0.160 e. The Morgan fingerprint density at radius 1 is 0.310 bits per heavy atom. The zero-order chi connectivity index (χ0) is 38.7. The van der Waals surface area contributed by atoms with Gasteiger partial charge in [-0.05, 0) is 91.7 Å². The Balaban J connectivity index is 0.951. The third-order valence-electron chi connectivity index (χ3n) is 11.5. The van der Waals surface area contributed by atoms with Gasteiger partial charge in [0.05, 0.1) is 33.5 Å². The van der Waals surface area contributed by atoms with E-state index in [1.807, 2.05) is 0 Å². The molecule has 3 heterocycles. The van der Waals surface area contributed by atoms with E-state index in [0.717, 1.165) is 56.4 Å². The van der Waals surface area contributed by atoms with Crippen LogP contribution in [0.1, 0.15) is 11.1 Å². The predicted octanol–water partition coefficient (Wildman–Crippen LogP) is 14.0. The number of aryl methyl sites for hydroxylation is 2. The average Bonchev–Trinajstić information content (AvgIpc) is 3.79. The van der Waals surface area contributed by atoms with Gasteiger partial charge in [-0.25, -0.2) is 9.97 Å². The Bertz CT molecular complexity index is 3230. The van der Waals surface area contributed by atoms with Crippen molar-refractivity contribution in [1.29, 1.82) is 0 Å². The van der Waals surface area contributed by atoms with Crippen LogP contribution in [0.2, 0.25) is 0 Å². The summed E-state index contributed by atoms with van der Waals surface area (Å²) < 4.78 is 4.78. The number of aromatic nitrogens is 4. The lowest BCUT2D eigenvalue weighted by Gasteiger charge is -2.12. The van der Waals surface area contributed by atoms with Crippen LogP contribution in [0.5, 0.6) is 0 Å². The summed E-state index contributed by atoms with van der Waals surface area (Å²) in [5, 5.41) is 5.00. The molecule has 0 aliphatic heterocycles. The fourth-order valence-corrected chi connectivity index (χ4v) is 8.68. The van der Waals surface area contributed by atoms with E-state index in [1.165, 1.54) is 54.7 Å². The first-order valence-corrected chi connectivity index (χ1v) is 19.8. The van der Waals surface area contributed by atoms with Gasteiger partial charge >= 0.3 is 0 Å². The summed E-state index contributed by atoms with van der Waals surface area (Å²) in [4.78, 5) is 10.1. The number of benzene rings is 8. The Morgan fingerprint density at radius 2 is 0.759 bits per heavy atom. The highest BCUT2D eigenvalue weighted by molar-refractivity contribution is 6.12. The molecule has 11 aromatic rings. The lowest BCUT2D eigenvalue weighted by Crippen LogP contribution is -1.96. The SMILES string of the molecule is Cc1cccc(-c2cc(-c3ccc(-c4ccc(-n5c6ccccc6c6cc(-n7c8ccccc8c8ccccc87)ccc65)cc4)cc3)nc(-c3cccc(C)c3)n2)c1. The van der Waals surface area contributed by atoms with Crippen molar-refractivity contribution >= 4 is 43.6 Å². The standard InChI is InChI=1S/C54H38N4/c1-35-11-9-13-40(31-35)49-34-48(55-54(56-49)41-14-10-12-36(2)32-41)39-23-21-37(22-24-39)38-25-27-42(28-26-38)57-52-20-8-5-17-46(52)47-33-43(29-30-53(47)57)58-50-18-6-3-15-44(50)45-16-4-7-19-51(45)58/h3-34H,1-2H3. The molecule has 0 unspecified atom stereocenters. The number of para-hydroxylation sites is 3. The molecule has 0 spiro atoms. The molecule has 0 saturated carbocycles. The van der Waals surface area contributed by atoms with Gasteiger partial charge in [-0.1, -0.05) is 139 Å². The summed E-state index contributed by atoms with van der Waals surface area (Å²) in [7, 11) is 0.